The summed E-state index contributed by atoms with van der Waals surface area (Å²) < 4.78 is 10.7. The van der Waals surface area contributed by atoms with Gasteiger partial charge in [0.2, 0.25) is 6.29 Å². The molecule has 3 heteroatoms. The lowest BCUT2D eigenvalue weighted by molar-refractivity contribution is -0.191. The van der Waals surface area contributed by atoms with E-state index in [1.54, 1.807) is 0 Å². The van der Waals surface area contributed by atoms with E-state index in [1.807, 2.05) is 6.92 Å². The van der Waals surface area contributed by atoms with Crippen LogP contribution in [-0.2, 0) is 14.3 Å². The lowest BCUT2D eigenvalue weighted by Crippen LogP contribution is -2.29. The van der Waals surface area contributed by atoms with Crippen molar-refractivity contribution in [1.82, 2.24) is 0 Å². The minimum absolute atomic E-state index is 0.0504. The molecular formula is C13H24O3. The Morgan fingerprint density at radius 1 is 1.44 bits per heavy atom. The van der Waals surface area contributed by atoms with Crippen molar-refractivity contribution in [2.45, 2.75) is 59.7 Å². The smallest absolute Gasteiger partial charge is 0.310 e. The summed E-state index contributed by atoms with van der Waals surface area (Å²) in [4.78, 5) is 11.8. The number of ether oxygens (including phenoxy) is 2. The molecule has 0 N–H and O–H groups in total. The highest BCUT2D eigenvalue weighted by Crippen LogP contribution is 2.25. The number of carbonyl (C=O) groups excluding carboxylic acids is 1. The molecule has 1 fully saturated rings. The molecule has 1 aliphatic heterocycles. The van der Waals surface area contributed by atoms with Gasteiger partial charge in [0, 0.05) is 6.42 Å². The van der Waals surface area contributed by atoms with Crippen molar-refractivity contribution in [2.24, 2.45) is 11.3 Å². The van der Waals surface area contributed by atoms with Crippen LogP contribution in [0.3, 0.4) is 0 Å². The van der Waals surface area contributed by atoms with Gasteiger partial charge in [0.15, 0.2) is 0 Å². The first-order chi connectivity index (χ1) is 7.38. The summed E-state index contributed by atoms with van der Waals surface area (Å²) >= 11 is 0. The third-order valence-corrected chi connectivity index (χ3v) is 2.71. The molecule has 2 unspecified atom stereocenters. The lowest BCUT2D eigenvalue weighted by atomic mass is 9.85. The third-order valence-electron chi connectivity index (χ3n) is 2.71. The van der Waals surface area contributed by atoms with Crippen molar-refractivity contribution in [3.05, 3.63) is 0 Å². The Balaban J connectivity index is 2.33. The largest absolute Gasteiger partial charge is 0.436 e. The predicted molar refractivity (Wildman–Crippen MR) is 62.9 cm³/mol. The lowest BCUT2D eigenvalue weighted by Gasteiger charge is -2.26. The minimum Gasteiger partial charge on any atom is -0.436 e. The SMILES string of the molecule is CC(CC(C)(C)C)C(=O)OC1CCCCO1. The molecule has 1 aliphatic rings. The molecule has 0 aliphatic carbocycles. The van der Waals surface area contributed by atoms with Gasteiger partial charge in [-0.1, -0.05) is 27.7 Å². The highest BCUT2D eigenvalue weighted by atomic mass is 16.7. The second kappa shape index (κ2) is 5.67. The van der Waals surface area contributed by atoms with Gasteiger partial charge in [0.1, 0.15) is 0 Å². The average molecular weight is 228 g/mol. The van der Waals surface area contributed by atoms with Crippen LogP contribution in [-0.4, -0.2) is 18.9 Å². The van der Waals surface area contributed by atoms with E-state index in [9.17, 15) is 4.79 Å². The Morgan fingerprint density at radius 3 is 2.62 bits per heavy atom. The first-order valence-corrected chi connectivity index (χ1v) is 6.20. The van der Waals surface area contributed by atoms with E-state index in [0.29, 0.717) is 6.61 Å². The van der Waals surface area contributed by atoms with Gasteiger partial charge >= 0.3 is 5.97 Å². The maximum atomic E-state index is 11.8. The Hall–Kier alpha value is -0.570. The first-order valence-electron chi connectivity index (χ1n) is 6.20. The van der Waals surface area contributed by atoms with E-state index < -0.39 is 0 Å². The van der Waals surface area contributed by atoms with Gasteiger partial charge in [-0.3, -0.25) is 4.79 Å². The first kappa shape index (κ1) is 13.5. The standard InChI is InChI=1S/C13H24O3/c1-10(9-13(2,3)4)12(14)16-11-7-5-6-8-15-11/h10-11H,5-9H2,1-4H3. The monoisotopic (exact) mass is 228 g/mol. The van der Waals surface area contributed by atoms with Gasteiger partial charge in [-0.2, -0.15) is 0 Å². The zero-order valence-electron chi connectivity index (χ0n) is 10.9. The van der Waals surface area contributed by atoms with Crippen LogP contribution in [0, 0.1) is 11.3 Å². The molecule has 1 saturated heterocycles. The molecule has 0 saturated carbocycles. The Morgan fingerprint density at radius 2 is 2.12 bits per heavy atom. The third kappa shape index (κ3) is 4.97. The van der Waals surface area contributed by atoms with E-state index in [1.165, 1.54) is 0 Å². The van der Waals surface area contributed by atoms with Gasteiger partial charge in [-0.05, 0) is 24.7 Å². The highest BCUT2D eigenvalue weighted by Gasteiger charge is 2.25. The maximum absolute atomic E-state index is 11.8. The maximum Gasteiger partial charge on any atom is 0.310 e. The van der Waals surface area contributed by atoms with Gasteiger partial charge in [0.25, 0.3) is 0 Å². The van der Waals surface area contributed by atoms with Crippen LogP contribution in [0.25, 0.3) is 0 Å². The van der Waals surface area contributed by atoms with E-state index >= 15 is 0 Å². The molecule has 0 spiro atoms. The summed E-state index contributed by atoms with van der Waals surface area (Å²) in [6, 6.07) is 0. The molecule has 1 rings (SSSR count). The fraction of sp³-hybridized carbons (Fsp3) is 0.923. The molecule has 16 heavy (non-hydrogen) atoms. The topological polar surface area (TPSA) is 35.5 Å². The zero-order chi connectivity index (χ0) is 12.2. The summed E-state index contributed by atoms with van der Waals surface area (Å²) in [7, 11) is 0. The number of hydrogen-bond donors (Lipinski definition) is 0. The van der Waals surface area contributed by atoms with E-state index in [0.717, 1.165) is 25.7 Å². The summed E-state index contributed by atoms with van der Waals surface area (Å²) in [5.74, 6) is -0.174. The van der Waals surface area contributed by atoms with E-state index in [2.05, 4.69) is 20.8 Å². The Bertz CT molecular complexity index is 224. The normalized spacial score (nSPS) is 23.9. The molecule has 0 radical (unpaired) electrons. The molecular weight excluding hydrogens is 204 g/mol. The van der Waals surface area contributed by atoms with Crippen LogP contribution < -0.4 is 0 Å². The minimum atomic E-state index is -0.302. The fourth-order valence-electron chi connectivity index (χ4n) is 2.05. The van der Waals surface area contributed by atoms with Gasteiger partial charge < -0.3 is 9.47 Å². The van der Waals surface area contributed by atoms with Gasteiger partial charge in [0.05, 0.1) is 12.5 Å². The van der Waals surface area contributed by atoms with Crippen LogP contribution >= 0.6 is 0 Å². The second-order valence-corrected chi connectivity index (χ2v) is 5.90. The van der Waals surface area contributed by atoms with Crippen LogP contribution in [0.15, 0.2) is 0 Å². The quantitative estimate of drug-likeness (QED) is 0.696. The molecule has 0 bridgehead atoms. The van der Waals surface area contributed by atoms with Crippen LogP contribution in [0.5, 0.6) is 0 Å². The highest BCUT2D eigenvalue weighted by molar-refractivity contribution is 5.72. The molecule has 0 aromatic rings. The zero-order valence-corrected chi connectivity index (χ0v) is 10.9. The molecule has 94 valence electrons. The molecule has 0 amide bonds. The van der Waals surface area contributed by atoms with Gasteiger partial charge in [-0.25, -0.2) is 0 Å². The van der Waals surface area contributed by atoms with Crippen LogP contribution in [0.2, 0.25) is 0 Å². The molecule has 3 nitrogen and oxygen atoms in total. The molecule has 0 aromatic heterocycles. The number of esters is 1. The van der Waals surface area contributed by atoms with Gasteiger partial charge in [-0.15, -0.1) is 0 Å². The van der Waals surface area contributed by atoms with Crippen LogP contribution in [0.1, 0.15) is 53.4 Å². The number of carbonyl (C=O) groups is 1. The van der Waals surface area contributed by atoms with Crippen LogP contribution in [0.4, 0.5) is 0 Å². The molecule has 1 heterocycles. The summed E-state index contributed by atoms with van der Waals surface area (Å²) in [6.45, 7) is 9.04. The Kier molecular flexibility index (Phi) is 4.78. The fourth-order valence-corrected chi connectivity index (χ4v) is 2.05. The predicted octanol–water partition coefficient (Wildman–Crippen LogP) is 3.13. The average Bonchev–Trinajstić information content (AvgIpc) is 2.16. The van der Waals surface area contributed by atoms with Crippen molar-refractivity contribution < 1.29 is 14.3 Å². The summed E-state index contributed by atoms with van der Waals surface area (Å²) in [6.07, 6.45) is 3.55. The Labute approximate surface area is 98.5 Å². The van der Waals surface area contributed by atoms with Crippen molar-refractivity contribution in [3.8, 4) is 0 Å². The summed E-state index contributed by atoms with van der Waals surface area (Å²) in [5.41, 5.74) is 0.159. The van der Waals surface area contributed by atoms with Crippen molar-refractivity contribution >= 4 is 5.97 Å². The second-order valence-electron chi connectivity index (χ2n) is 5.90. The molecule has 2 atom stereocenters. The number of rotatable bonds is 3. The van der Waals surface area contributed by atoms with E-state index in [-0.39, 0.29) is 23.6 Å². The van der Waals surface area contributed by atoms with Crippen molar-refractivity contribution in [2.75, 3.05) is 6.61 Å². The summed E-state index contributed by atoms with van der Waals surface area (Å²) in [5, 5.41) is 0. The molecule has 0 aromatic carbocycles. The van der Waals surface area contributed by atoms with Crippen molar-refractivity contribution in [3.63, 3.8) is 0 Å². The number of hydrogen-bond acceptors (Lipinski definition) is 3. The van der Waals surface area contributed by atoms with Crippen molar-refractivity contribution in [1.29, 1.82) is 0 Å². The van der Waals surface area contributed by atoms with E-state index in [4.69, 9.17) is 9.47 Å².